The molecule has 5 nitrogen and oxygen atoms in total. The second-order valence-electron chi connectivity index (χ2n) is 6.60. The molecule has 0 radical (unpaired) electrons. The molecule has 0 aliphatic heterocycles. The van der Waals surface area contributed by atoms with E-state index in [9.17, 15) is 5.26 Å². The number of nitriles is 1. The van der Waals surface area contributed by atoms with Crippen LogP contribution < -0.4 is 9.47 Å². The number of fused-ring (bicyclic) bond motifs is 1. The largest absolute Gasteiger partial charge is 0.493 e. The summed E-state index contributed by atoms with van der Waals surface area (Å²) in [6.45, 7) is 0.449. The van der Waals surface area contributed by atoms with Crippen LogP contribution >= 0.6 is 22.6 Å². The van der Waals surface area contributed by atoms with Crippen molar-refractivity contribution in [1.29, 1.82) is 5.26 Å². The Labute approximate surface area is 188 Å². The first-order valence-corrected chi connectivity index (χ1v) is 10.4. The summed E-state index contributed by atoms with van der Waals surface area (Å²) >= 11 is 2.28. The van der Waals surface area contributed by atoms with E-state index in [1.54, 1.807) is 13.2 Å². The molecule has 30 heavy (non-hydrogen) atoms. The molecule has 1 N–H and O–H groups in total. The first-order chi connectivity index (χ1) is 14.7. The van der Waals surface area contributed by atoms with Gasteiger partial charge in [-0.05, 0) is 76.2 Å². The lowest BCUT2D eigenvalue weighted by Gasteiger charge is -2.11. The SMILES string of the molecule is COc1cc(/C=C(/C#N)c2nc3ccccc3[nH]2)ccc1OCc1ccc(I)cc1. The molecule has 0 aliphatic carbocycles. The number of allylic oxidation sites excluding steroid dienone is 1. The van der Waals surface area contributed by atoms with Gasteiger partial charge in [0, 0.05) is 3.57 Å². The van der Waals surface area contributed by atoms with Gasteiger partial charge in [-0.1, -0.05) is 30.3 Å². The molecule has 0 bridgehead atoms. The van der Waals surface area contributed by atoms with Crippen LogP contribution in [0.15, 0.2) is 66.7 Å². The number of hydrogen-bond acceptors (Lipinski definition) is 4. The molecule has 1 heterocycles. The topological polar surface area (TPSA) is 70.9 Å². The third kappa shape index (κ3) is 4.47. The Kier molecular flexibility index (Phi) is 6.00. The van der Waals surface area contributed by atoms with Crippen LogP contribution in [0.4, 0.5) is 0 Å². The highest BCUT2D eigenvalue weighted by Crippen LogP contribution is 2.30. The zero-order valence-electron chi connectivity index (χ0n) is 16.2. The van der Waals surface area contributed by atoms with Crippen LogP contribution in [-0.2, 0) is 6.61 Å². The monoisotopic (exact) mass is 507 g/mol. The van der Waals surface area contributed by atoms with Crippen molar-refractivity contribution in [2.75, 3.05) is 7.11 Å². The van der Waals surface area contributed by atoms with E-state index in [-0.39, 0.29) is 0 Å². The van der Waals surface area contributed by atoms with Gasteiger partial charge in [0.05, 0.1) is 23.7 Å². The molecule has 0 amide bonds. The molecule has 0 aliphatic rings. The van der Waals surface area contributed by atoms with Gasteiger partial charge in [-0.3, -0.25) is 0 Å². The fourth-order valence-corrected chi connectivity index (χ4v) is 3.40. The van der Waals surface area contributed by atoms with E-state index in [2.05, 4.69) is 38.6 Å². The zero-order chi connectivity index (χ0) is 20.9. The van der Waals surface area contributed by atoms with Gasteiger partial charge in [-0.15, -0.1) is 0 Å². The van der Waals surface area contributed by atoms with Gasteiger partial charge in [0.15, 0.2) is 11.5 Å². The molecule has 0 saturated heterocycles. The highest BCUT2D eigenvalue weighted by molar-refractivity contribution is 14.1. The number of ether oxygens (including phenoxy) is 2. The number of benzene rings is 3. The van der Waals surface area contributed by atoms with Crippen molar-refractivity contribution in [2.45, 2.75) is 6.61 Å². The minimum Gasteiger partial charge on any atom is -0.493 e. The number of hydrogen-bond donors (Lipinski definition) is 1. The lowest BCUT2D eigenvalue weighted by molar-refractivity contribution is 0.284. The normalized spacial score (nSPS) is 11.3. The number of methoxy groups -OCH3 is 1. The summed E-state index contributed by atoms with van der Waals surface area (Å²) in [7, 11) is 1.60. The Balaban J connectivity index is 1.57. The maximum absolute atomic E-state index is 9.64. The van der Waals surface area contributed by atoms with Crippen molar-refractivity contribution in [3.05, 3.63) is 87.3 Å². The minimum absolute atomic E-state index is 0.445. The van der Waals surface area contributed by atoms with E-state index < -0.39 is 0 Å². The fourth-order valence-electron chi connectivity index (χ4n) is 3.04. The van der Waals surface area contributed by atoms with Crippen LogP contribution in [0.3, 0.4) is 0 Å². The van der Waals surface area contributed by atoms with E-state index in [1.165, 1.54) is 3.57 Å². The van der Waals surface area contributed by atoms with Gasteiger partial charge < -0.3 is 14.5 Å². The fraction of sp³-hybridized carbons (Fsp3) is 0.0833. The van der Waals surface area contributed by atoms with Crippen molar-refractivity contribution in [3.8, 4) is 17.6 Å². The third-order valence-corrected chi connectivity index (χ3v) is 5.29. The van der Waals surface area contributed by atoms with Gasteiger partial charge >= 0.3 is 0 Å². The molecule has 0 spiro atoms. The van der Waals surface area contributed by atoms with Crippen molar-refractivity contribution in [1.82, 2.24) is 9.97 Å². The van der Waals surface area contributed by atoms with Crippen molar-refractivity contribution < 1.29 is 9.47 Å². The van der Waals surface area contributed by atoms with E-state index in [1.807, 2.05) is 66.7 Å². The van der Waals surface area contributed by atoms with Crippen LogP contribution in [0.1, 0.15) is 17.0 Å². The zero-order valence-corrected chi connectivity index (χ0v) is 18.4. The van der Waals surface area contributed by atoms with Gasteiger partial charge in [-0.2, -0.15) is 5.26 Å². The molecule has 1 aromatic heterocycles. The smallest absolute Gasteiger partial charge is 0.161 e. The molecule has 0 saturated carbocycles. The minimum atomic E-state index is 0.445. The highest BCUT2D eigenvalue weighted by atomic mass is 127. The number of halogens is 1. The standard InChI is InChI=1S/C24H18IN3O2/c1-29-23-13-17(8-11-22(23)30-15-16-6-9-19(25)10-7-16)12-18(14-26)24-27-20-4-2-3-5-21(20)28-24/h2-13H,15H2,1H3,(H,27,28)/b18-12-. The molecule has 0 fully saturated rings. The Morgan fingerprint density at radius 2 is 1.90 bits per heavy atom. The number of rotatable bonds is 6. The molecule has 6 heteroatoms. The molecular weight excluding hydrogens is 489 g/mol. The van der Waals surface area contributed by atoms with Crippen molar-refractivity contribution in [2.24, 2.45) is 0 Å². The summed E-state index contributed by atoms with van der Waals surface area (Å²) in [5.74, 6) is 1.79. The summed E-state index contributed by atoms with van der Waals surface area (Å²) in [6.07, 6.45) is 1.78. The molecule has 0 unspecified atom stereocenters. The number of imidazole rings is 1. The van der Waals surface area contributed by atoms with E-state index in [0.717, 1.165) is 22.2 Å². The van der Waals surface area contributed by atoms with Gasteiger partial charge in [-0.25, -0.2) is 4.98 Å². The average molecular weight is 507 g/mol. The van der Waals surface area contributed by atoms with Crippen molar-refractivity contribution >= 4 is 45.3 Å². The molecule has 148 valence electrons. The summed E-state index contributed by atoms with van der Waals surface area (Å²) in [5, 5.41) is 9.64. The summed E-state index contributed by atoms with van der Waals surface area (Å²) in [4.78, 5) is 7.70. The van der Waals surface area contributed by atoms with Crippen LogP contribution in [0.5, 0.6) is 11.5 Å². The molecule has 3 aromatic carbocycles. The Bertz CT molecular complexity index is 1220. The molecule has 4 aromatic rings. The second-order valence-corrected chi connectivity index (χ2v) is 7.84. The number of aromatic nitrogens is 2. The van der Waals surface area contributed by atoms with Crippen LogP contribution in [0.25, 0.3) is 22.7 Å². The molecule has 4 rings (SSSR count). The third-order valence-electron chi connectivity index (χ3n) is 4.57. The van der Waals surface area contributed by atoms with Gasteiger partial charge in [0.25, 0.3) is 0 Å². The van der Waals surface area contributed by atoms with Crippen molar-refractivity contribution in [3.63, 3.8) is 0 Å². The summed E-state index contributed by atoms with van der Waals surface area (Å²) < 4.78 is 12.6. The number of para-hydroxylation sites is 2. The Morgan fingerprint density at radius 3 is 2.63 bits per heavy atom. The van der Waals surface area contributed by atoms with Gasteiger partial charge in [0.1, 0.15) is 18.5 Å². The highest BCUT2D eigenvalue weighted by Gasteiger charge is 2.10. The number of H-pyrrole nitrogens is 1. The van der Waals surface area contributed by atoms with Gasteiger partial charge in [0.2, 0.25) is 0 Å². The van der Waals surface area contributed by atoms with Crippen LogP contribution in [-0.4, -0.2) is 17.1 Å². The number of aromatic amines is 1. The average Bonchev–Trinajstić information content (AvgIpc) is 3.21. The first kappa shape index (κ1) is 20.0. The van der Waals surface area contributed by atoms with E-state index in [0.29, 0.717) is 29.5 Å². The van der Waals surface area contributed by atoms with Crippen LogP contribution in [0.2, 0.25) is 0 Å². The van der Waals surface area contributed by atoms with E-state index in [4.69, 9.17) is 9.47 Å². The lowest BCUT2D eigenvalue weighted by Crippen LogP contribution is -1.98. The maximum atomic E-state index is 9.64. The van der Waals surface area contributed by atoms with E-state index >= 15 is 0 Å². The second kappa shape index (κ2) is 9.01. The first-order valence-electron chi connectivity index (χ1n) is 9.28. The maximum Gasteiger partial charge on any atom is 0.161 e. The summed E-state index contributed by atoms with van der Waals surface area (Å²) in [5.41, 5.74) is 4.07. The predicted molar refractivity (Wildman–Crippen MR) is 126 cm³/mol. The lowest BCUT2D eigenvalue weighted by atomic mass is 10.1. The Morgan fingerprint density at radius 1 is 1.10 bits per heavy atom. The summed E-state index contributed by atoms with van der Waals surface area (Å²) in [6, 6.07) is 23.7. The van der Waals surface area contributed by atoms with Crippen LogP contribution in [0, 0.1) is 14.9 Å². The molecular formula is C24H18IN3O2. The number of nitrogens with zero attached hydrogens (tertiary/aromatic N) is 2. The predicted octanol–water partition coefficient (Wildman–Crippen LogP) is 5.82. The Hall–Kier alpha value is -3.31. The number of nitrogens with one attached hydrogen (secondary N) is 1. The molecule has 0 atom stereocenters. The quantitative estimate of drug-likeness (QED) is 0.264.